The van der Waals surface area contributed by atoms with Crippen LogP contribution in [0.2, 0.25) is 0 Å². The van der Waals surface area contributed by atoms with Gasteiger partial charge in [0, 0.05) is 11.6 Å². The molecule has 0 bridgehead atoms. The number of phenolic OH excluding ortho intramolecular Hbond substituents is 1. The lowest BCUT2D eigenvalue weighted by atomic mass is 10.0. The van der Waals surface area contributed by atoms with E-state index < -0.39 is 0 Å². The van der Waals surface area contributed by atoms with Crippen LogP contribution in [0.3, 0.4) is 0 Å². The van der Waals surface area contributed by atoms with Gasteiger partial charge in [-0.1, -0.05) is 0 Å². The standard InChI is InChI=1S/C11H14BrNO2/c1-15-7-5-8(10-3-2-4-13-10)11(14)9(12)6-7/h5-6,10,13-14H,2-4H2,1H3/t10-/m1/s1. The minimum Gasteiger partial charge on any atom is -0.506 e. The lowest BCUT2D eigenvalue weighted by Crippen LogP contribution is -2.13. The van der Waals surface area contributed by atoms with Crippen molar-refractivity contribution >= 4 is 15.9 Å². The average molecular weight is 272 g/mol. The number of hydrogen-bond acceptors (Lipinski definition) is 3. The molecular weight excluding hydrogens is 258 g/mol. The number of ether oxygens (including phenoxy) is 1. The van der Waals surface area contributed by atoms with Crippen LogP contribution < -0.4 is 10.1 Å². The maximum absolute atomic E-state index is 9.94. The van der Waals surface area contributed by atoms with E-state index >= 15 is 0 Å². The van der Waals surface area contributed by atoms with Crippen LogP contribution in [0.15, 0.2) is 16.6 Å². The molecule has 2 rings (SSSR count). The first-order valence-electron chi connectivity index (χ1n) is 5.02. The lowest BCUT2D eigenvalue weighted by molar-refractivity contribution is 0.407. The molecule has 15 heavy (non-hydrogen) atoms. The smallest absolute Gasteiger partial charge is 0.134 e. The molecule has 0 unspecified atom stereocenters. The topological polar surface area (TPSA) is 41.5 Å². The van der Waals surface area contributed by atoms with E-state index in [2.05, 4.69) is 21.2 Å². The third-order valence-electron chi connectivity index (χ3n) is 2.74. The minimum atomic E-state index is 0.247. The molecule has 3 nitrogen and oxygen atoms in total. The van der Waals surface area contributed by atoms with Crippen molar-refractivity contribution in [2.45, 2.75) is 18.9 Å². The van der Waals surface area contributed by atoms with Gasteiger partial charge in [-0.2, -0.15) is 0 Å². The van der Waals surface area contributed by atoms with Gasteiger partial charge in [0.25, 0.3) is 0 Å². The average Bonchev–Trinajstić information content (AvgIpc) is 2.75. The first-order valence-corrected chi connectivity index (χ1v) is 5.81. The van der Waals surface area contributed by atoms with E-state index in [1.54, 1.807) is 13.2 Å². The number of rotatable bonds is 2. The molecule has 0 aromatic heterocycles. The normalized spacial score (nSPS) is 20.5. The highest BCUT2D eigenvalue weighted by atomic mass is 79.9. The van der Waals surface area contributed by atoms with Crippen molar-refractivity contribution in [2.24, 2.45) is 0 Å². The molecule has 0 spiro atoms. The fourth-order valence-corrected chi connectivity index (χ4v) is 2.38. The lowest BCUT2D eigenvalue weighted by Gasteiger charge is -2.15. The van der Waals surface area contributed by atoms with E-state index in [4.69, 9.17) is 4.74 Å². The Hall–Kier alpha value is -0.740. The number of phenols is 1. The van der Waals surface area contributed by atoms with E-state index in [-0.39, 0.29) is 6.04 Å². The maximum Gasteiger partial charge on any atom is 0.134 e. The fourth-order valence-electron chi connectivity index (χ4n) is 1.93. The predicted molar refractivity (Wildman–Crippen MR) is 62.3 cm³/mol. The van der Waals surface area contributed by atoms with Crippen LogP contribution in [0.4, 0.5) is 0 Å². The molecular formula is C11H14BrNO2. The molecule has 0 aliphatic carbocycles. The second-order valence-corrected chi connectivity index (χ2v) is 4.55. The second kappa shape index (κ2) is 4.41. The highest BCUT2D eigenvalue weighted by Gasteiger charge is 2.21. The fraction of sp³-hybridized carbons (Fsp3) is 0.455. The first kappa shape index (κ1) is 10.8. The summed E-state index contributed by atoms with van der Waals surface area (Å²) in [5.41, 5.74) is 0.915. The number of hydrogen-bond donors (Lipinski definition) is 2. The number of halogens is 1. The number of benzene rings is 1. The van der Waals surface area contributed by atoms with Crippen LogP contribution in [0, 0.1) is 0 Å². The molecule has 2 N–H and O–H groups in total. The third-order valence-corrected chi connectivity index (χ3v) is 3.34. The summed E-state index contributed by atoms with van der Waals surface area (Å²) in [7, 11) is 1.63. The Labute approximate surface area is 97.6 Å². The second-order valence-electron chi connectivity index (χ2n) is 3.70. The van der Waals surface area contributed by atoms with Crippen LogP contribution in [-0.4, -0.2) is 18.8 Å². The van der Waals surface area contributed by atoms with Gasteiger partial charge in [0.1, 0.15) is 11.5 Å². The molecule has 1 aromatic carbocycles. The SMILES string of the molecule is COc1cc(Br)c(O)c([C@H]2CCCN2)c1. The van der Waals surface area contributed by atoms with Crippen LogP contribution in [0.1, 0.15) is 24.4 Å². The zero-order chi connectivity index (χ0) is 10.8. The van der Waals surface area contributed by atoms with Crippen molar-refractivity contribution in [3.05, 3.63) is 22.2 Å². The van der Waals surface area contributed by atoms with E-state index in [0.717, 1.165) is 30.7 Å². The maximum atomic E-state index is 9.94. The molecule has 1 fully saturated rings. The zero-order valence-electron chi connectivity index (χ0n) is 8.59. The van der Waals surface area contributed by atoms with Crippen molar-refractivity contribution in [1.82, 2.24) is 5.32 Å². The number of aromatic hydroxyl groups is 1. The van der Waals surface area contributed by atoms with Gasteiger partial charge in [0.05, 0.1) is 11.6 Å². The zero-order valence-corrected chi connectivity index (χ0v) is 10.2. The summed E-state index contributed by atoms with van der Waals surface area (Å²) in [5.74, 6) is 1.08. The van der Waals surface area contributed by atoms with E-state index in [0.29, 0.717) is 10.2 Å². The van der Waals surface area contributed by atoms with Gasteiger partial charge in [-0.05, 0) is 47.4 Å². The Morgan fingerprint density at radius 1 is 1.53 bits per heavy atom. The minimum absolute atomic E-state index is 0.247. The molecule has 1 saturated heterocycles. The Kier molecular flexibility index (Phi) is 3.17. The van der Waals surface area contributed by atoms with Gasteiger partial charge in [-0.3, -0.25) is 0 Å². The molecule has 4 heteroatoms. The van der Waals surface area contributed by atoms with Gasteiger partial charge < -0.3 is 15.2 Å². The van der Waals surface area contributed by atoms with Crippen LogP contribution in [0.25, 0.3) is 0 Å². The Bertz CT molecular complexity index is 362. The van der Waals surface area contributed by atoms with Crippen molar-refractivity contribution in [1.29, 1.82) is 0 Å². The van der Waals surface area contributed by atoms with Crippen molar-refractivity contribution in [2.75, 3.05) is 13.7 Å². The first-order chi connectivity index (χ1) is 7.22. The van der Waals surface area contributed by atoms with Gasteiger partial charge in [0.2, 0.25) is 0 Å². The van der Waals surface area contributed by atoms with E-state index in [1.165, 1.54) is 0 Å². The monoisotopic (exact) mass is 271 g/mol. The summed E-state index contributed by atoms with van der Waals surface area (Å²) < 4.78 is 5.87. The summed E-state index contributed by atoms with van der Waals surface area (Å²) >= 11 is 3.33. The van der Waals surface area contributed by atoms with E-state index in [1.807, 2.05) is 6.07 Å². The number of nitrogens with one attached hydrogen (secondary N) is 1. The molecule has 82 valence electrons. The molecule has 1 heterocycles. The summed E-state index contributed by atoms with van der Waals surface area (Å²) in [4.78, 5) is 0. The summed E-state index contributed by atoms with van der Waals surface area (Å²) in [6, 6.07) is 3.91. The molecule has 1 atom stereocenters. The summed E-state index contributed by atoms with van der Waals surface area (Å²) in [5, 5.41) is 13.3. The number of methoxy groups -OCH3 is 1. The quantitative estimate of drug-likeness (QED) is 0.869. The summed E-state index contributed by atoms with van der Waals surface area (Å²) in [6.45, 7) is 1.01. The van der Waals surface area contributed by atoms with Gasteiger partial charge in [-0.15, -0.1) is 0 Å². The van der Waals surface area contributed by atoms with Gasteiger partial charge in [-0.25, -0.2) is 0 Å². The van der Waals surface area contributed by atoms with Crippen molar-refractivity contribution < 1.29 is 9.84 Å². The van der Waals surface area contributed by atoms with Crippen LogP contribution >= 0.6 is 15.9 Å². The predicted octanol–water partition coefficient (Wildman–Crippen LogP) is 2.59. The third kappa shape index (κ3) is 2.11. The molecule has 0 saturated carbocycles. The van der Waals surface area contributed by atoms with Crippen LogP contribution in [-0.2, 0) is 0 Å². The van der Waals surface area contributed by atoms with E-state index in [9.17, 15) is 5.11 Å². The van der Waals surface area contributed by atoms with Crippen LogP contribution in [0.5, 0.6) is 11.5 Å². The molecule has 1 aliphatic heterocycles. The molecule has 0 radical (unpaired) electrons. The highest BCUT2D eigenvalue weighted by Crippen LogP contribution is 2.38. The van der Waals surface area contributed by atoms with Gasteiger partial charge >= 0.3 is 0 Å². The Morgan fingerprint density at radius 3 is 2.93 bits per heavy atom. The highest BCUT2D eigenvalue weighted by molar-refractivity contribution is 9.10. The summed E-state index contributed by atoms with van der Waals surface area (Å²) in [6.07, 6.45) is 2.21. The molecule has 0 amide bonds. The molecule has 1 aliphatic rings. The molecule has 1 aromatic rings. The van der Waals surface area contributed by atoms with Crippen molar-refractivity contribution in [3.8, 4) is 11.5 Å². The Balaban J connectivity index is 2.39. The largest absolute Gasteiger partial charge is 0.506 e. The van der Waals surface area contributed by atoms with Gasteiger partial charge in [0.15, 0.2) is 0 Å². The Morgan fingerprint density at radius 2 is 2.33 bits per heavy atom. The van der Waals surface area contributed by atoms with Crippen molar-refractivity contribution in [3.63, 3.8) is 0 Å².